The standard InChI is InChI=1S/C31H40N2/c1-22-14-10-12-20-27(22)32-23(2)29-31(3,25-17-8-5-9-18-25)26-19-11-13-21-28(26)33(29)30(32)24-15-6-4-7-16-24/h10-14,19-21,24-25,30H,4-9,15-18H2,1-3H3. The van der Waals surface area contributed by atoms with Gasteiger partial charge in [-0.3, -0.25) is 0 Å². The Kier molecular flexibility index (Phi) is 5.31. The van der Waals surface area contributed by atoms with E-state index in [4.69, 9.17) is 0 Å². The second kappa shape index (κ2) is 8.22. The Bertz CT molecular complexity index is 1060. The zero-order valence-electron chi connectivity index (χ0n) is 20.8. The maximum absolute atomic E-state index is 2.84. The van der Waals surface area contributed by atoms with Crippen LogP contribution in [-0.2, 0) is 5.41 Å². The van der Waals surface area contributed by atoms with E-state index in [0.29, 0.717) is 12.1 Å². The van der Waals surface area contributed by atoms with Crippen LogP contribution in [0.25, 0.3) is 0 Å². The molecule has 0 N–H and O–H groups in total. The van der Waals surface area contributed by atoms with Crippen LogP contribution in [-0.4, -0.2) is 6.17 Å². The third-order valence-electron chi connectivity index (χ3n) is 9.56. The minimum atomic E-state index is 0.117. The van der Waals surface area contributed by atoms with Crippen molar-refractivity contribution in [2.75, 3.05) is 9.80 Å². The van der Waals surface area contributed by atoms with Gasteiger partial charge in [-0.25, -0.2) is 0 Å². The van der Waals surface area contributed by atoms with Gasteiger partial charge >= 0.3 is 0 Å². The summed E-state index contributed by atoms with van der Waals surface area (Å²) in [4.78, 5) is 5.60. The van der Waals surface area contributed by atoms with Gasteiger partial charge in [0.2, 0.25) is 0 Å². The number of allylic oxidation sites excluding steroid dienone is 2. The maximum atomic E-state index is 2.84. The van der Waals surface area contributed by atoms with Gasteiger partial charge in [-0.05, 0) is 81.5 Å². The van der Waals surface area contributed by atoms with Crippen LogP contribution in [0.3, 0.4) is 0 Å². The van der Waals surface area contributed by atoms with E-state index in [0.717, 1.165) is 5.92 Å². The summed E-state index contributed by atoms with van der Waals surface area (Å²) < 4.78 is 0. The lowest BCUT2D eigenvalue weighted by Gasteiger charge is -2.41. The summed E-state index contributed by atoms with van der Waals surface area (Å²) in [6, 6.07) is 18.5. The van der Waals surface area contributed by atoms with Crippen molar-refractivity contribution in [2.24, 2.45) is 11.8 Å². The summed E-state index contributed by atoms with van der Waals surface area (Å²) in [5, 5.41) is 0. The van der Waals surface area contributed by atoms with Crippen LogP contribution < -0.4 is 9.80 Å². The van der Waals surface area contributed by atoms with Crippen LogP contribution in [0.2, 0.25) is 0 Å². The Morgan fingerprint density at radius 2 is 1.30 bits per heavy atom. The minimum absolute atomic E-state index is 0.117. The van der Waals surface area contributed by atoms with Crippen molar-refractivity contribution >= 4 is 11.4 Å². The van der Waals surface area contributed by atoms with Crippen molar-refractivity contribution in [3.63, 3.8) is 0 Å². The number of para-hydroxylation sites is 2. The largest absolute Gasteiger partial charge is 0.322 e. The van der Waals surface area contributed by atoms with Gasteiger partial charge in [0.1, 0.15) is 6.17 Å². The van der Waals surface area contributed by atoms with Crippen molar-refractivity contribution < 1.29 is 0 Å². The number of hydrogen-bond acceptors (Lipinski definition) is 2. The van der Waals surface area contributed by atoms with Gasteiger partial charge in [0.25, 0.3) is 0 Å². The predicted octanol–water partition coefficient (Wildman–Crippen LogP) is 8.31. The van der Waals surface area contributed by atoms with Gasteiger partial charge in [-0.2, -0.15) is 0 Å². The SMILES string of the molecule is CC1=C2N(c3ccccc3C2(C)C2CCCCC2)C(C2CCCCC2)N1c1ccccc1C. The molecule has 2 atom stereocenters. The van der Waals surface area contributed by atoms with Crippen LogP contribution in [0.1, 0.15) is 89.2 Å². The van der Waals surface area contributed by atoms with Crippen molar-refractivity contribution in [1.82, 2.24) is 0 Å². The van der Waals surface area contributed by atoms with Gasteiger partial charge in [0.05, 0.1) is 5.70 Å². The highest BCUT2D eigenvalue weighted by molar-refractivity contribution is 5.79. The average Bonchev–Trinajstić information content (AvgIpc) is 3.32. The molecule has 2 aromatic carbocycles. The molecule has 0 aromatic heterocycles. The summed E-state index contributed by atoms with van der Waals surface area (Å²) in [5.41, 5.74) is 9.13. The quantitative estimate of drug-likeness (QED) is 0.473. The Labute approximate surface area is 200 Å². The molecule has 2 saturated carbocycles. The third-order valence-corrected chi connectivity index (χ3v) is 9.56. The summed E-state index contributed by atoms with van der Waals surface area (Å²) >= 11 is 0. The molecule has 0 saturated heterocycles. The van der Waals surface area contributed by atoms with Crippen molar-refractivity contribution in [2.45, 2.75) is 96.6 Å². The predicted molar refractivity (Wildman–Crippen MR) is 140 cm³/mol. The molecule has 2 aliphatic heterocycles. The molecule has 2 aromatic rings. The zero-order valence-corrected chi connectivity index (χ0v) is 20.8. The van der Waals surface area contributed by atoms with Crippen LogP contribution in [0.15, 0.2) is 59.9 Å². The minimum Gasteiger partial charge on any atom is -0.322 e. The first-order valence-corrected chi connectivity index (χ1v) is 13.6. The molecule has 2 unspecified atom stereocenters. The monoisotopic (exact) mass is 440 g/mol. The molecule has 0 spiro atoms. The topological polar surface area (TPSA) is 6.48 Å². The van der Waals surface area contributed by atoms with Gasteiger partial charge in [0, 0.05) is 22.5 Å². The van der Waals surface area contributed by atoms with Gasteiger partial charge < -0.3 is 9.80 Å². The number of aryl methyl sites for hydroxylation is 1. The second-order valence-electron chi connectivity index (χ2n) is 11.3. The van der Waals surface area contributed by atoms with E-state index in [-0.39, 0.29) is 5.41 Å². The molecule has 4 aliphatic rings. The highest BCUT2D eigenvalue weighted by atomic mass is 15.4. The van der Waals surface area contributed by atoms with Gasteiger partial charge in [-0.1, -0.05) is 74.9 Å². The normalized spacial score (nSPS) is 28.4. The lowest BCUT2D eigenvalue weighted by Crippen LogP contribution is -2.47. The maximum Gasteiger partial charge on any atom is 0.113 e. The molecule has 33 heavy (non-hydrogen) atoms. The zero-order chi connectivity index (χ0) is 22.6. The van der Waals surface area contributed by atoms with Crippen LogP contribution >= 0.6 is 0 Å². The highest BCUT2D eigenvalue weighted by Gasteiger charge is 2.57. The highest BCUT2D eigenvalue weighted by Crippen LogP contribution is 2.61. The van der Waals surface area contributed by atoms with E-state index in [2.05, 4.69) is 79.1 Å². The fourth-order valence-electron chi connectivity index (χ4n) is 7.98. The fourth-order valence-corrected chi connectivity index (χ4v) is 7.98. The van der Waals surface area contributed by atoms with E-state index in [9.17, 15) is 0 Å². The Morgan fingerprint density at radius 3 is 2.00 bits per heavy atom. The van der Waals surface area contributed by atoms with Crippen molar-refractivity contribution in [3.05, 3.63) is 71.1 Å². The molecule has 0 amide bonds. The summed E-state index contributed by atoms with van der Waals surface area (Å²) in [5.74, 6) is 1.46. The lowest BCUT2D eigenvalue weighted by atomic mass is 9.65. The molecule has 0 bridgehead atoms. The number of fused-ring (bicyclic) bond motifs is 3. The van der Waals surface area contributed by atoms with E-state index >= 15 is 0 Å². The molecule has 2 nitrogen and oxygen atoms in total. The average molecular weight is 441 g/mol. The van der Waals surface area contributed by atoms with E-state index in [1.165, 1.54) is 86.8 Å². The number of nitrogens with zero attached hydrogens (tertiary/aromatic N) is 2. The summed E-state index contributed by atoms with van der Waals surface area (Å²) in [6.45, 7) is 7.33. The molecular weight excluding hydrogens is 400 g/mol. The van der Waals surface area contributed by atoms with Crippen LogP contribution in [0, 0.1) is 18.8 Å². The smallest absolute Gasteiger partial charge is 0.113 e. The molecule has 174 valence electrons. The number of anilines is 2. The van der Waals surface area contributed by atoms with Gasteiger partial charge in [0.15, 0.2) is 0 Å². The van der Waals surface area contributed by atoms with Crippen LogP contribution in [0.4, 0.5) is 11.4 Å². The fraction of sp³-hybridized carbons (Fsp3) is 0.548. The number of rotatable bonds is 3. The first kappa shape index (κ1) is 21.3. The number of benzene rings is 2. The molecular formula is C31H40N2. The van der Waals surface area contributed by atoms with E-state index in [1.54, 1.807) is 11.3 Å². The van der Waals surface area contributed by atoms with E-state index < -0.39 is 0 Å². The summed E-state index contributed by atoms with van der Waals surface area (Å²) in [7, 11) is 0. The lowest BCUT2D eigenvalue weighted by molar-refractivity contribution is 0.251. The molecule has 0 radical (unpaired) electrons. The molecule has 2 heteroatoms. The molecule has 2 heterocycles. The van der Waals surface area contributed by atoms with Crippen LogP contribution in [0.5, 0.6) is 0 Å². The van der Waals surface area contributed by atoms with Crippen molar-refractivity contribution in [1.29, 1.82) is 0 Å². The molecule has 2 aliphatic carbocycles. The first-order chi connectivity index (χ1) is 16.1. The van der Waals surface area contributed by atoms with Gasteiger partial charge in [-0.15, -0.1) is 0 Å². The molecule has 2 fully saturated rings. The van der Waals surface area contributed by atoms with Crippen molar-refractivity contribution in [3.8, 4) is 0 Å². The summed E-state index contributed by atoms with van der Waals surface area (Å²) in [6.07, 6.45) is 14.2. The number of hydrogen-bond donors (Lipinski definition) is 0. The van der Waals surface area contributed by atoms with E-state index in [1.807, 2.05) is 0 Å². The third kappa shape index (κ3) is 3.12. The Morgan fingerprint density at radius 1 is 0.697 bits per heavy atom. The molecule has 6 rings (SSSR count). The first-order valence-electron chi connectivity index (χ1n) is 13.6. The Balaban J connectivity index is 1.56. The Hall–Kier alpha value is -2.22. The second-order valence-corrected chi connectivity index (χ2v) is 11.3.